The number of alkyl halides is 2. The third-order valence-corrected chi connectivity index (χ3v) is 8.58. The number of hydrogen-bond acceptors (Lipinski definition) is 6. The van der Waals surface area contributed by atoms with Gasteiger partial charge in [0.15, 0.2) is 0 Å². The van der Waals surface area contributed by atoms with Crippen molar-refractivity contribution in [1.29, 1.82) is 0 Å². The smallest absolute Gasteiger partial charge is 0.266 e. The first-order chi connectivity index (χ1) is 15.7. The van der Waals surface area contributed by atoms with Gasteiger partial charge in [0.1, 0.15) is 22.9 Å². The number of piperidine rings is 1. The highest BCUT2D eigenvalue weighted by molar-refractivity contribution is 7.92. The van der Waals surface area contributed by atoms with Gasteiger partial charge in [-0.2, -0.15) is 0 Å². The molecule has 1 aliphatic heterocycles. The summed E-state index contributed by atoms with van der Waals surface area (Å²) in [4.78, 5) is 9.00. The van der Waals surface area contributed by atoms with E-state index in [0.29, 0.717) is 13.1 Å². The number of halogens is 4. The Bertz CT molecular complexity index is 1140. The van der Waals surface area contributed by atoms with E-state index in [-0.39, 0.29) is 28.6 Å². The highest BCUT2D eigenvalue weighted by Gasteiger charge is 2.72. The van der Waals surface area contributed by atoms with Gasteiger partial charge in [0, 0.05) is 43.2 Å². The molecule has 3 fully saturated rings. The molecule has 0 amide bonds. The van der Waals surface area contributed by atoms with Crippen molar-refractivity contribution in [3.63, 3.8) is 0 Å². The normalized spacial score (nSPS) is 28.8. The molecule has 2 N–H and O–H groups in total. The Hall–Kier alpha value is -2.11. The fourth-order valence-electron chi connectivity index (χ4n) is 5.11. The molecule has 0 spiro atoms. The Kier molecular flexibility index (Phi) is 5.69. The molecule has 4 atom stereocenters. The number of anilines is 2. The van der Waals surface area contributed by atoms with E-state index in [0.717, 1.165) is 37.8 Å². The summed E-state index contributed by atoms with van der Waals surface area (Å²) >= 11 is 6.34. The Morgan fingerprint density at radius 2 is 1.88 bits per heavy atom. The first kappa shape index (κ1) is 22.7. The lowest BCUT2D eigenvalue weighted by Gasteiger charge is -2.40. The van der Waals surface area contributed by atoms with Crippen LogP contribution in [0.5, 0.6) is 0 Å². The van der Waals surface area contributed by atoms with Crippen molar-refractivity contribution in [2.45, 2.75) is 48.6 Å². The summed E-state index contributed by atoms with van der Waals surface area (Å²) in [6.07, 6.45) is 6.13. The van der Waals surface area contributed by atoms with Gasteiger partial charge in [-0.15, -0.1) is 0 Å². The maximum Gasteiger partial charge on any atom is 0.266 e. The van der Waals surface area contributed by atoms with Crippen molar-refractivity contribution < 1.29 is 21.6 Å². The number of hydrogen-bond donors (Lipinski definition) is 2. The summed E-state index contributed by atoms with van der Waals surface area (Å²) in [6.45, 7) is 0.739. The van der Waals surface area contributed by atoms with Gasteiger partial charge in [0.25, 0.3) is 15.9 Å². The minimum Gasteiger partial charge on any atom is -0.379 e. The van der Waals surface area contributed by atoms with E-state index < -0.39 is 38.5 Å². The molecular weight excluding hydrogens is 479 g/mol. The van der Waals surface area contributed by atoms with Crippen LogP contribution in [-0.4, -0.2) is 54.4 Å². The molecule has 178 valence electrons. The number of rotatable bonds is 6. The van der Waals surface area contributed by atoms with Crippen LogP contribution in [0.1, 0.15) is 25.7 Å². The highest BCUT2D eigenvalue weighted by atomic mass is 35.5. The van der Waals surface area contributed by atoms with Crippen LogP contribution in [0.3, 0.4) is 0 Å². The van der Waals surface area contributed by atoms with Crippen molar-refractivity contribution in [3.05, 3.63) is 41.6 Å². The summed E-state index contributed by atoms with van der Waals surface area (Å²) < 4.78 is 69.6. The molecule has 1 saturated heterocycles. The average Bonchev–Trinajstić information content (AvgIpc) is 3.11. The van der Waals surface area contributed by atoms with Gasteiger partial charge in [0.05, 0.1) is 10.7 Å². The summed E-state index contributed by atoms with van der Waals surface area (Å²) in [5, 5.41) is 3.31. The lowest BCUT2D eigenvalue weighted by atomic mass is 9.88. The first-order valence-corrected chi connectivity index (χ1v) is 12.7. The van der Waals surface area contributed by atoms with E-state index in [1.54, 1.807) is 0 Å². The Morgan fingerprint density at radius 1 is 1.15 bits per heavy atom. The van der Waals surface area contributed by atoms with E-state index in [1.165, 1.54) is 18.6 Å². The Labute approximate surface area is 194 Å². The molecule has 2 aliphatic carbocycles. The van der Waals surface area contributed by atoms with Crippen molar-refractivity contribution in [1.82, 2.24) is 14.9 Å². The molecule has 0 radical (unpaired) electrons. The minimum absolute atomic E-state index is 0.00186. The van der Waals surface area contributed by atoms with Crippen LogP contribution in [0.4, 0.5) is 24.7 Å². The topological polar surface area (TPSA) is 87.2 Å². The van der Waals surface area contributed by atoms with E-state index in [4.69, 9.17) is 11.6 Å². The predicted molar refractivity (Wildman–Crippen MR) is 117 cm³/mol. The van der Waals surface area contributed by atoms with E-state index in [9.17, 15) is 21.6 Å². The van der Waals surface area contributed by atoms with Crippen LogP contribution < -0.4 is 10.0 Å². The lowest BCUT2D eigenvalue weighted by molar-refractivity contribution is 0.0366. The second-order valence-corrected chi connectivity index (χ2v) is 11.0. The second kappa shape index (κ2) is 8.28. The van der Waals surface area contributed by atoms with Crippen molar-refractivity contribution in [2.24, 2.45) is 11.8 Å². The zero-order valence-corrected chi connectivity index (χ0v) is 19.1. The minimum atomic E-state index is -4.26. The predicted octanol–water partition coefficient (Wildman–Crippen LogP) is 3.99. The molecule has 1 aromatic heterocycles. The van der Waals surface area contributed by atoms with Gasteiger partial charge in [0.2, 0.25) is 0 Å². The van der Waals surface area contributed by atoms with E-state index in [1.807, 2.05) is 0 Å². The second-order valence-electron chi connectivity index (χ2n) is 8.91. The van der Waals surface area contributed by atoms with Crippen molar-refractivity contribution in [3.8, 4) is 0 Å². The largest absolute Gasteiger partial charge is 0.379 e. The average molecular weight is 502 g/mol. The quantitative estimate of drug-likeness (QED) is 0.622. The number of likely N-dealkylation sites (tertiary alicyclic amines) is 1. The molecule has 2 unspecified atom stereocenters. The highest BCUT2D eigenvalue weighted by Crippen LogP contribution is 2.59. The molecular formula is C21H23ClF3N5O2S. The summed E-state index contributed by atoms with van der Waals surface area (Å²) in [7, 11) is -4.26. The van der Waals surface area contributed by atoms with Gasteiger partial charge in [-0.25, -0.2) is 31.6 Å². The molecule has 33 heavy (non-hydrogen) atoms. The Balaban J connectivity index is 1.33. The standard InChI is InChI=1S/C21H23ClF3N5O2S/c22-14-7-19(33(31,32)29-20-5-6-26-11-27-20)15(23)8-17(14)28-16-3-1-2-4-18(16)30-9-12-13(10-30)21(12,24)25/h5-8,11-13,16,18,28H,1-4,9-10H2,(H,26,27,29)/t12?,13?,16-,18-/m1/s1. The zero-order valence-electron chi connectivity index (χ0n) is 17.5. The number of benzene rings is 1. The van der Waals surface area contributed by atoms with Crippen molar-refractivity contribution >= 4 is 33.1 Å². The van der Waals surface area contributed by atoms with Crippen LogP contribution in [0, 0.1) is 17.7 Å². The fourth-order valence-corrected chi connectivity index (χ4v) is 6.49. The number of sulfonamides is 1. The molecule has 2 saturated carbocycles. The maximum atomic E-state index is 14.9. The van der Waals surface area contributed by atoms with Gasteiger partial charge in [-0.1, -0.05) is 24.4 Å². The maximum absolute atomic E-state index is 14.9. The molecule has 5 rings (SSSR count). The van der Waals surface area contributed by atoms with Gasteiger partial charge in [-0.3, -0.25) is 9.62 Å². The molecule has 0 bridgehead atoms. The van der Waals surface area contributed by atoms with Crippen LogP contribution in [0.25, 0.3) is 0 Å². The van der Waals surface area contributed by atoms with Gasteiger partial charge < -0.3 is 5.32 Å². The summed E-state index contributed by atoms with van der Waals surface area (Å²) in [5.41, 5.74) is 0.279. The molecule has 2 aromatic rings. The van der Waals surface area contributed by atoms with E-state index >= 15 is 0 Å². The van der Waals surface area contributed by atoms with Crippen LogP contribution >= 0.6 is 11.6 Å². The number of fused-ring (bicyclic) bond motifs is 1. The molecule has 12 heteroatoms. The third-order valence-electron chi connectivity index (χ3n) is 6.90. The molecule has 2 heterocycles. The van der Waals surface area contributed by atoms with E-state index in [2.05, 4.69) is 24.9 Å². The molecule has 3 aliphatic rings. The number of aromatic nitrogens is 2. The fraction of sp³-hybridized carbons (Fsp3) is 0.524. The number of nitrogens with one attached hydrogen (secondary N) is 2. The van der Waals surface area contributed by atoms with Gasteiger partial charge in [-0.05, 0) is 31.0 Å². The third kappa shape index (κ3) is 4.26. The molecule has 7 nitrogen and oxygen atoms in total. The monoisotopic (exact) mass is 501 g/mol. The lowest BCUT2D eigenvalue weighted by Crippen LogP contribution is -2.49. The Morgan fingerprint density at radius 3 is 2.58 bits per heavy atom. The summed E-state index contributed by atoms with van der Waals surface area (Å²) in [5.74, 6) is -4.62. The van der Waals surface area contributed by atoms with Crippen LogP contribution in [-0.2, 0) is 10.0 Å². The summed E-state index contributed by atoms with van der Waals surface area (Å²) in [6, 6.07) is 3.42. The zero-order chi connectivity index (χ0) is 23.4. The first-order valence-electron chi connectivity index (χ1n) is 10.8. The van der Waals surface area contributed by atoms with Crippen molar-refractivity contribution in [2.75, 3.05) is 23.1 Å². The van der Waals surface area contributed by atoms with Crippen LogP contribution in [0.2, 0.25) is 5.02 Å². The number of nitrogens with zero attached hydrogens (tertiary/aromatic N) is 3. The van der Waals surface area contributed by atoms with Gasteiger partial charge >= 0.3 is 0 Å². The van der Waals surface area contributed by atoms with Crippen LogP contribution in [0.15, 0.2) is 35.6 Å². The SMILES string of the molecule is O=S(=O)(Nc1ccncn1)c1cc(Cl)c(N[C@@H]2CCCC[C@H]2N2CC3C(C2)C3(F)F)cc1F. The molecule has 1 aromatic carbocycles.